The van der Waals surface area contributed by atoms with Crippen molar-refractivity contribution in [1.29, 1.82) is 0 Å². The summed E-state index contributed by atoms with van der Waals surface area (Å²) in [5.74, 6) is 3.13. The number of aromatic nitrogens is 3. The molecule has 1 aromatic heterocycles. The number of ether oxygens (including phenoxy) is 2. The fourth-order valence-corrected chi connectivity index (χ4v) is 4.01. The quantitative estimate of drug-likeness (QED) is 0.880. The van der Waals surface area contributed by atoms with Crippen LogP contribution < -0.4 is 14.8 Å². The molecule has 3 aliphatic rings. The van der Waals surface area contributed by atoms with E-state index in [0.717, 1.165) is 59.8 Å². The van der Waals surface area contributed by atoms with E-state index in [1.165, 1.54) is 0 Å². The molecule has 0 saturated carbocycles. The number of benzene rings is 1. The molecule has 0 amide bonds. The topological polar surface area (TPSA) is 78.3 Å². The highest BCUT2D eigenvalue weighted by atomic mass is 16.5. The Hall–Kier alpha value is -2.83. The second kappa shape index (κ2) is 6.40. The molecule has 27 heavy (non-hydrogen) atoms. The van der Waals surface area contributed by atoms with Crippen LogP contribution in [0.1, 0.15) is 50.0 Å². The molecule has 2 aliphatic heterocycles. The number of nitrogens with zero attached hydrogens (tertiary/aromatic N) is 3. The molecule has 1 aliphatic carbocycles. The van der Waals surface area contributed by atoms with Crippen LogP contribution >= 0.6 is 0 Å². The molecule has 0 spiro atoms. The van der Waals surface area contributed by atoms with Crippen LogP contribution in [-0.4, -0.2) is 33.8 Å². The van der Waals surface area contributed by atoms with Gasteiger partial charge in [0.2, 0.25) is 5.95 Å². The van der Waals surface area contributed by atoms with Gasteiger partial charge in [0.15, 0.2) is 23.1 Å². The molecular formula is C20H22N4O3. The standard InChI is InChI=1S/C20H22N4O3/c1-2-17-22-20-21-13-5-3-6-14(25)18(13)19(24(20)23-17)12-7-8-15-16(11-12)27-10-4-9-26-15/h7-8,11,19H,2-6,9-10H2,1H3,(H,21,22,23). The number of hydrogen-bond acceptors (Lipinski definition) is 6. The molecule has 2 aromatic rings. The number of rotatable bonds is 2. The predicted octanol–water partition coefficient (Wildman–Crippen LogP) is 3.02. The Morgan fingerprint density at radius 3 is 2.89 bits per heavy atom. The lowest BCUT2D eigenvalue weighted by Gasteiger charge is -2.32. The van der Waals surface area contributed by atoms with Gasteiger partial charge in [0.25, 0.3) is 0 Å². The largest absolute Gasteiger partial charge is 0.490 e. The first-order valence-corrected chi connectivity index (χ1v) is 9.63. The predicted molar refractivity (Wildman–Crippen MR) is 99.1 cm³/mol. The third-order valence-electron chi connectivity index (χ3n) is 5.32. The summed E-state index contributed by atoms with van der Waals surface area (Å²) in [6.45, 7) is 3.31. The number of Topliss-reactive ketones (excluding diaryl/α,β-unsaturated/α-hetero) is 1. The summed E-state index contributed by atoms with van der Waals surface area (Å²) in [6, 6.07) is 5.64. The third-order valence-corrected chi connectivity index (χ3v) is 5.32. The van der Waals surface area contributed by atoms with Gasteiger partial charge in [-0.2, -0.15) is 10.1 Å². The van der Waals surface area contributed by atoms with Crippen molar-refractivity contribution >= 4 is 11.7 Å². The van der Waals surface area contributed by atoms with Gasteiger partial charge in [0.05, 0.1) is 13.2 Å². The zero-order chi connectivity index (χ0) is 18.4. The van der Waals surface area contributed by atoms with Gasteiger partial charge in [-0.15, -0.1) is 0 Å². The van der Waals surface area contributed by atoms with Crippen LogP contribution in [0.25, 0.3) is 0 Å². The van der Waals surface area contributed by atoms with Crippen molar-refractivity contribution in [1.82, 2.24) is 14.8 Å². The van der Waals surface area contributed by atoms with E-state index in [-0.39, 0.29) is 11.8 Å². The molecule has 1 unspecified atom stereocenters. The van der Waals surface area contributed by atoms with Crippen molar-refractivity contribution in [3.8, 4) is 11.5 Å². The Balaban J connectivity index is 1.66. The van der Waals surface area contributed by atoms with Gasteiger partial charge >= 0.3 is 0 Å². The van der Waals surface area contributed by atoms with Crippen LogP contribution in [-0.2, 0) is 11.2 Å². The van der Waals surface area contributed by atoms with Gasteiger partial charge in [-0.05, 0) is 30.5 Å². The number of carbonyl (C=O) groups is 1. The van der Waals surface area contributed by atoms with Crippen LogP contribution in [0.4, 0.5) is 5.95 Å². The first-order chi connectivity index (χ1) is 13.2. The first-order valence-electron chi connectivity index (χ1n) is 9.63. The fraction of sp³-hybridized carbons (Fsp3) is 0.450. The van der Waals surface area contributed by atoms with Gasteiger partial charge in [0.1, 0.15) is 6.04 Å². The van der Waals surface area contributed by atoms with Crippen molar-refractivity contribution in [2.24, 2.45) is 0 Å². The number of allylic oxidation sites excluding steroid dienone is 2. The lowest BCUT2D eigenvalue weighted by molar-refractivity contribution is -0.116. The average Bonchev–Trinajstić information content (AvgIpc) is 2.95. The molecule has 5 rings (SSSR count). The number of anilines is 1. The van der Waals surface area contributed by atoms with E-state index in [4.69, 9.17) is 9.47 Å². The maximum absolute atomic E-state index is 12.8. The van der Waals surface area contributed by atoms with Crippen LogP contribution in [0.2, 0.25) is 0 Å². The SMILES string of the molecule is CCc1nc2n(n1)C(c1ccc3c(c1)OCCCO3)C1=C(CCCC1=O)N2. The van der Waals surface area contributed by atoms with Gasteiger partial charge in [-0.25, -0.2) is 4.68 Å². The monoisotopic (exact) mass is 366 g/mol. The van der Waals surface area contributed by atoms with Gasteiger partial charge in [-0.3, -0.25) is 4.79 Å². The molecule has 1 atom stereocenters. The molecule has 7 heteroatoms. The lowest BCUT2D eigenvalue weighted by atomic mass is 9.85. The minimum absolute atomic E-state index is 0.181. The maximum atomic E-state index is 12.8. The Morgan fingerprint density at radius 1 is 1.19 bits per heavy atom. The van der Waals surface area contributed by atoms with E-state index < -0.39 is 0 Å². The van der Waals surface area contributed by atoms with Crippen molar-refractivity contribution in [3.05, 3.63) is 40.9 Å². The van der Waals surface area contributed by atoms with E-state index in [2.05, 4.69) is 15.4 Å². The Bertz CT molecular complexity index is 947. The maximum Gasteiger partial charge on any atom is 0.226 e. The zero-order valence-electron chi connectivity index (χ0n) is 15.3. The number of hydrogen-bond donors (Lipinski definition) is 1. The van der Waals surface area contributed by atoms with E-state index in [1.54, 1.807) is 0 Å². The van der Waals surface area contributed by atoms with E-state index in [9.17, 15) is 4.79 Å². The smallest absolute Gasteiger partial charge is 0.226 e. The fourth-order valence-electron chi connectivity index (χ4n) is 4.01. The van der Waals surface area contributed by atoms with Crippen molar-refractivity contribution in [2.45, 2.75) is 45.1 Å². The molecule has 3 heterocycles. The lowest BCUT2D eigenvalue weighted by Crippen LogP contribution is -2.31. The highest BCUT2D eigenvalue weighted by Gasteiger charge is 2.37. The highest BCUT2D eigenvalue weighted by Crippen LogP contribution is 2.42. The summed E-state index contributed by atoms with van der Waals surface area (Å²) in [5.41, 5.74) is 2.75. The van der Waals surface area contributed by atoms with E-state index in [1.807, 2.05) is 29.8 Å². The van der Waals surface area contributed by atoms with Crippen molar-refractivity contribution in [3.63, 3.8) is 0 Å². The van der Waals surface area contributed by atoms with Crippen LogP contribution in [0.15, 0.2) is 29.5 Å². The summed E-state index contributed by atoms with van der Waals surface area (Å²) in [4.78, 5) is 17.4. The van der Waals surface area contributed by atoms with Crippen molar-refractivity contribution in [2.75, 3.05) is 18.5 Å². The van der Waals surface area contributed by atoms with Gasteiger partial charge in [0, 0.05) is 30.5 Å². The second-order valence-electron chi connectivity index (χ2n) is 7.10. The Morgan fingerprint density at radius 2 is 2.04 bits per heavy atom. The molecule has 1 N–H and O–H groups in total. The molecule has 0 fully saturated rings. The van der Waals surface area contributed by atoms with E-state index >= 15 is 0 Å². The minimum atomic E-state index is -0.283. The number of ketones is 1. The van der Waals surface area contributed by atoms with Crippen LogP contribution in [0.3, 0.4) is 0 Å². The van der Waals surface area contributed by atoms with Crippen LogP contribution in [0, 0.1) is 0 Å². The summed E-state index contributed by atoms with van der Waals surface area (Å²) in [5, 5.41) is 8.02. The number of fused-ring (bicyclic) bond motifs is 2. The number of nitrogens with one attached hydrogen (secondary N) is 1. The molecule has 0 bridgehead atoms. The third kappa shape index (κ3) is 2.69. The summed E-state index contributed by atoms with van der Waals surface area (Å²) >= 11 is 0. The molecule has 1 aromatic carbocycles. The first kappa shape index (κ1) is 16.4. The normalized spacial score (nSPS) is 21.2. The van der Waals surface area contributed by atoms with Crippen LogP contribution in [0.5, 0.6) is 11.5 Å². The molecule has 140 valence electrons. The zero-order valence-corrected chi connectivity index (χ0v) is 15.3. The minimum Gasteiger partial charge on any atom is -0.490 e. The summed E-state index contributed by atoms with van der Waals surface area (Å²) in [7, 11) is 0. The number of aryl methyl sites for hydroxylation is 1. The number of carbonyl (C=O) groups excluding carboxylic acids is 1. The second-order valence-corrected chi connectivity index (χ2v) is 7.10. The van der Waals surface area contributed by atoms with Crippen molar-refractivity contribution < 1.29 is 14.3 Å². The van der Waals surface area contributed by atoms with Gasteiger partial charge in [-0.1, -0.05) is 13.0 Å². The Labute approximate surface area is 157 Å². The highest BCUT2D eigenvalue weighted by molar-refractivity contribution is 5.99. The molecule has 0 radical (unpaired) electrons. The molecule has 7 nitrogen and oxygen atoms in total. The Kier molecular flexibility index (Phi) is 3.88. The molecular weight excluding hydrogens is 344 g/mol. The average molecular weight is 366 g/mol. The summed E-state index contributed by atoms with van der Waals surface area (Å²) in [6.07, 6.45) is 3.91. The van der Waals surface area contributed by atoms with Gasteiger partial charge < -0.3 is 14.8 Å². The summed E-state index contributed by atoms with van der Waals surface area (Å²) < 4.78 is 13.5. The van der Waals surface area contributed by atoms with E-state index in [0.29, 0.717) is 25.6 Å². The molecule has 0 saturated heterocycles.